The standard InChI is InChI=1S/C27H41N5/c1-3-31-20-22-32(23-21-31)19-11-10-17-29-27(28-2)30-18-16-26(24-12-6-4-7-13-24)25-14-8-5-9-15-25/h4-9,12-15,26H,3,10-11,16-23H2,1-2H3,(H2,28,29,30). The Morgan fingerprint density at radius 2 is 1.38 bits per heavy atom. The van der Waals surface area contributed by atoms with E-state index in [0.717, 1.165) is 25.5 Å². The van der Waals surface area contributed by atoms with Crippen LogP contribution in [0.1, 0.15) is 43.2 Å². The maximum absolute atomic E-state index is 4.41. The molecule has 0 radical (unpaired) electrons. The van der Waals surface area contributed by atoms with Crippen LogP contribution in [-0.2, 0) is 0 Å². The van der Waals surface area contributed by atoms with Gasteiger partial charge in [-0.1, -0.05) is 67.6 Å². The molecule has 0 amide bonds. The second kappa shape index (κ2) is 13.9. The number of rotatable bonds is 11. The molecule has 32 heavy (non-hydrogen) atoms. The number of piperazine rings is 1. The Morgan fingerprint density at radius 3 is 1.94 bits per heavy atom. The van der Waals surface area contributed by atoms with Crippen molar-refractivity contribution in [2.75, 3.05) is 59.4 Å². The van der Waals surface area contributed by atoms with Crippen molar-refractivity contribution in [2.24, 2.45) is 4.99 Å². The van der Waals surface area contributed by atoms with E-state index in [9.17, 15) is 0 Å². The predicted octanol–water partition coefficient (Wildman–Crippen LogP) is 3.79. The Bertz CT molecular complexity index is 730. The molecule has 2 aromatic carbocycles. The van der Waals surface area contributed by atoms with Gasteiger partial charge >= 0.3 is 0 Å². The van der Waals surface area contributed by atoms with Gasteiger partial charge in [-0.3, -0.25) is 4.99 Å². The van der Waals surface area contributed by atoms with E-state index in [-0.39, 0.29) is 0 Å². The summed E-state index contributed by atoms with van der Waals surface area (Å²) in [5.41, 5.74) is 2.73. The first-order valence-corrected chi connectivity index (χ1v) is 12.3. The van der Waals surface area contributed by atoms with Crippen LogP contribution >= 0.6 is 0 Å². The lowest BCUT2D eigenvalue weighted by atomic mass is 9.88. The van der Waals surface area contributed by atoms with Gasteiger partial charge in [0.1, 0.15) is 0 Å². The number of hydrogen-bond acceptors (Lipinski definition) is 3. The van der Waals surface area contributed by atoms with Gasteiger partial charge in [-0.2, -0.15) is 0 Å². The zero-order chi connectivity index (χ0) is 22.4. The minimum atomic E-state index is 0.385. The topological polar surface area (TPSA) is 42.9 Å². The molecular formula is C27H41N5. The Hall–Kier alpha value is -2.37. The molecule has 1 heterocycles. The van der Waals surface area contributed by atoms with Gasteiger partial charge in [0.15, 0.2) is 5.96 Å². The summed E-state index contributed by atoms with van der Waals surface area (Å²) in [6.07, 6.45) is 3.43. The van der Waals surface area contributed by atoms with Crippen molar-refractivity contribution in [3.05, 3.63) is 71.8 Å². The number of hydrogen-bond donors (Lipinski definition) is 2. The Morgan fingerprint density at radius 1 is 0.812 bits per heavy atom. The molecule has 0 aliphatic carbocycles. The number of aliphatic imine (C=N–C) groups is 1. The van der Waals surface area contributed by atoms with E-state index in [2.05, 4.69) is 93.0 Å². The molecule has 0 unspecified atom stereocenters. The first-order chi connectivity index (χ1) is 15.8. The molecule has 2 aromatic rings. The third-order valence-corrected chi connectivity index (χ3v) is 6.46. The van der Waals surface area contributed by atoms with Gasteiger partial charge < -0.3 is 20.4 Å². The smallest absolute Gasteiger partial charge is 0.190 e. The zero-order valence-electron chi connectivity index (χ0n) is 20.0. The third kappa shape index (κ3) is 7.95. The van der Waals surface area contributed by atoms with Crippen LogP contribution in [0, 0.1) is 0 Å². The van der Waals surface area contributed by atoms with Crippen LogP contribution in [0.2, 0.25) is 0 Å². The Kier molecular flexibility index (Phi) is 10.6. The first kappa shape index (κ1) is 24.3. The minimum Gasteiger partial charge on any atom is -0.356 e. The van der Waals surface area contributed by atoms with Crippen molar-refractivity contribution in [2.45, 2.75) is 32.1 Å². The lowest BCUT2D eigenvalue weighted by Crippen LogP contribution is -2.46. The summed E-state index contributed by atoms with van der Waals surface area (Å²) >= 11 is 0. The molecule has 5 nitrogen and oxygen atoms in total. The molecule has 0 atom stereocenters. The highest BCUT2D eigenvalue weighted by Gasteiger charge is 2.15. The second-order valence-electron chi connectivity index (χ2n) is 8.57. The molecule has 0 saturated carbocycles. The highest BCUT2D eigenvalue weighted by Crippen LogP contribution is 2.27. The zero-order valence-corrected chi connectivity index (χ0v) is 20.0. The molecule has 0 spiro atoms. The molecule has 0 aromatic heterocycles. The van der Waals surface area contributed by atoms with E-state index < -0.39 is 0 Å². The third-order valence-electron chi connectivity index (χ3n) is 6.46. The molecule has 1 fully saturated rings. The fourth-order valence-corrected chi connectivity index (χ4v) is 4.45. The van der Waals surface area contributed by atoms with Gasteiger partial charge in [0.2, 0.25) is 0 Å². The largest absolute Gasteiger partial charge is 0.356 e. The van der Waals surface area contributed by atoms with E-state index in [1.807, 2.05) is 7.05 Å². The van der Waals surface area contributed by atoms with Gasteiger partial charge in [0, 0.05) is 52.2 Å². The Balaban J connectivity index is 1.36. The van der Waals surface area contributed by atoms with Crippen molar-refractivity contribution in [3.8, 4) is 0 Å². The van der Waals surface area contributed by atoms with Gasteiger partial charge in [-0.05, 0) is 43.5 Å². The number of unbranched alkanes of at least 4 members (excludes halogenated alkanes) is 1. The number of nitrogens with one attached hydrogen (secondary N) is 2. The van der Waals surface area contributed by atoms with Crippen molar-refractivity contribution < 1.29 is 0 Å². The highest BCUT2D eigenvalue weighted by atomic mass is 15.3. The summed E-state index contributed by atoms with van der Waals surface area (Å²) < 4.78 is 0. The number of benzene rings is 2. The highest BCUT2D eigenvalue weighted by molar-refractivity contribution is 5.79. The van der Waals surface area contributed by atoms with Crippen LogP contribution < -0.4 is 10.6 Å². The van der Waals surface area contributed by atoms with Crippen LogP contribution in [-0.4, -0.2) is 75.2 Å². The molecule has 1 aliphatic rings. The van der Waals surface area contributed by atoms with Gasteiger partial charge in [0.05, 0.1) is 0 Å². The first-order valence-electron chi connectivity index (χ1n) is 12.3. The van der Waals surface area contributed by atoms with Crippen molar-refractivity contribution in [3.63, 3.8) is 0 Å². The molecular weight excluding hydrogens is 394 g/mol. The van der Waals surface area contributed by atoms with E-state index in [4.69, 9.17) is 0 Å². The fraction of sp³-hybridized carbons (Fsp3) is 0.519. The van der Waals surface area contributed by atoms with E-state index >= 15 is 0 Å². The summed E-state index contributed by atoms with van der Waals surface area (Å²) in [6, 6.07) is 21.6. The van der Waals surface area contributed by atoms with Crippen LogP contribution in [0.15, 0.2) is 65.7 Å². The Labute approximate surface area is 194 Å². The molecule has 1 aliphatic heterocycles. The number of nitrogens with zero attached hydrogens (tertiary/aromatic N) is 3. The SMILES string of the molecule is CCN1CCN(CCCCNC(=NC)NCCC(c2ccccc2)c2ccccc2)CC1. The van der Waals surface area contributed by atoms with Gasteiger partial charge in [-0.25, -0.2) is 0 Å². The van der Waals surface area contributed by atoms with Gasteiger partial charge in [0.25, 0.3) is 0 Å². The predicted molar refractivity (Wildman–Crippen MR) is 136 cm³/mol. The maximum atomic E-state index is 4.41. The summed E-state index contributed by atoms with van der Waals surface area (Å²) in [7, 11) is 1.86. The molecule has 174 valence electrons. The summed E-state index contributed by atoms with van der Waals surface area (Å²) in [5, 5.41) is 7.00. The minimum absolute atomic E-state index is 0.385. The van der Waals surface area contributed by atoms with Crippen LogP contribution in [0.5, 0.6) is 0 Å². The van der Waals surface area contributed by atoms with Crippen LogP contribution in [0.25, 0.3) is 0 Å². The summed E-state index contributed by atoms with van der Waals surface area (Å²) in [5.74, 6) is 1.29. The van der Waals surface area contributed by atoms with Crippen molar-refractivity contribution in [1.29, 1.82) is 0 Å². The maximum Gasteiger partial charge on any atom is 0.190 e. The molecule has 3 rings (SSSR count). The van der Waals surface area contributed by atoms with E-state index in [1.165, 1.54) is 63.2 Å². The molecule has 5 heteroatoms. The normalized spacial score (nSPS) is 15.8. The van der Waals surface area contributed by atoms with Crippen LogP contribution in [0.4, 0.5) is 0 Å². The van der Waals surface area contributed by atoms with Crippen molar-refractivity contribution in [1.82, 2.24) is 20.4 Å². The second-order valence-corrected chi connectivity index (χ2v) is 8.57. The lowest BCUT2D eigenvalue weighted by Gasteiger charge is -2.34. The molecule has 0 bridgehead atoms. The summed E-state index contributed by atoms with van der Waals surface area (Å²) in [4.78, 5) is 9.55. The quantitative estimate of drug-likeness (QED) is 0.320. The molecule has 1 saturated heterocycles. The monoisotopic (exact) mass is 435 g/mol. The van der Waals surface area contributed by atoms with Crippen molar-refractivity contribution >= 4 is 5.96 Å². The van der Waals surface area contributed by atoms with E-state index in [1.54, 1.807) is 0 Å². The average Bonchev–Trinajstić information content (AvgIpc) is 2.86. The number of guanidine groups is 1. The lowest BCUT2D eigenvalue weighted by molar-refractivity contribution is 0.136. The van der Waals surface area contributed by atoms with Crippen LogP contribution in [0.3, 0.4) is 0 Å². The van der Waals surface area contributed by atoms with Gasteiger partial charge in [-0.15, -0.1) is 0 Å². The number of likely N-dealkylation sites (N-methyl/N-ethyl adjacent to an activating group) is 1. The summed E-state index contributed by atoms with van der Waals surface area (Å²) in [6.45, 7) is 11.4. The molecule has 2 N–H and O–H groups in total. The van der Waals surface area contributed by atoms with E-state index in [0.29, 0.717) is 5.92 Å². The average molecular weight is 436 g/mol. The fourth-order valence-electron chi connectivity index (χ4n) is 4.45.